The van der Waals surface area contributed by atoms with Crippen molar-refractivity contribution in [3.63, 3.8) is 0 Å². The predicted octanol–water partition coefficient (Wildman–Crippen LogP) is 6.27. The summed E-state index contributed by atoms with van der Waals surface area (Å²) < 4.78 is 0.588. The van der Waals surface area contributed by atoms with E-state index in [-0.39, 0.29) is 5.54 Å². The molecule has 2 fully saturated rings. The normalized spacial score (nSPS) is 23.4. The lowest BCUT2D eigenvalue weighted by molar-refractivity contribution is -0.906. The first-order chi connectivity index (χ1) is 17.9. The van der Waals surface area contributed by atoms with Gasteiger partial charge in [0, 0.05) is 57.0 Å². The summed E-state index contributed by atoms with van der Waals surface area (Å²) in [6.45, 7) is 11.3. The number of carbonyl (C=O) groups excluding carboxylic acids is 1. The van der Waals surface area contributed by atoms with Crippen molar-refractivity contribution in [1.82, 2.24) is 5.32 Å². The quantitative estimate of drug-likeness (QED) is 0.408. The van der Waals surface area contributed by atoms with Gasteiger partial charge in [0.05, 0.1) is 18.7 Å². The first-order valence-corrected chi connectivity index (χ1v) is 14.0. The highest BCUT2D eigenvalue weighted by Gasteiger charge is 2.55. The van der Waals surface area contributed by atoms with Crippen molar-refractivity contribution in [1.29, 1.82) is 0 Å². The largest absolute Gasteiger partial charge is 0.364 e. The van der Waals surface area contributed by atoms with Crippen LogP contribution in [0.5, 0.6) is 0 Å². The summed E-state index contributed by atoms with van der Waals surface area (Å²) in [7, 11) is 0. The molecule has 0 atom stereocenters. The number of rotatable bonds is 6. The fourth-order valence-electron chi connectivity index (χ4n) is 6.88. The van der Waals surface area contributed by atoms with Crippen LogP contribution in [0.4, 0.5) is 5.69 Å². The Morgan fingerprint density at radius 3 is 2.03 bits per heavy atom. The second-order valence-corrected chi connectivity index (χ2v) is 11.4. The topological polar surface area (TPSA) is 32.3 Å². The number of quaternary nitrogens is 1. The van der Waals surface area contributed by atoms with E-state index >= 15 is 0 Å². The molecule has 0 radical (unpaired) electrons. The molecule has 2 heterocycles. The third kappa shape index (κ3) is 4.97. The van der Waals surface area contributed by atoms with E-state index in [2.05, 4.69) is 110 Å². The summed E-state index contributed by atoms with van der Waals surface area (Å²) >= 11 is 0. The Balaban J connectivity index is 1.48. The smallest absolute Gasteiger partial charge is 0.346 e. The van der Waals surface area contributed by atoms with Gasteiger partial charge in [-0.05, 0) is 49.6 Å². The van der Waals surface area contributed by atoms with Gasteiger partial charge in [-0.25, -0.2) is 4.79 Å². The Morgan fingerprint density at radius 1 is 0.865 bits per heavy atom. The molecule has 194 valence electrons. The third-order valence-electron chi connectivity index (χ3n) is 9.21. The number of carbonyl (C=O) groups is 1. The SMILES string of the molecule is Cc1cccc(C)c1C(=O)[N+]1(C2(C)CCNCC2)CCC(N(Cc2ccccc2)c2ccccc2)CC1. The molecule has 1 amide bonds. The standard InChI is InChI=1S/C33H42N3O/c1-26-11-10-12-27(2)31(26)32(37)36(33(3)19-21-34-22-20-33)23-17-30(18-24-36)35(29-15-8-5-9-16-29)25-28-13-6-4-7-14-28/h4-16,30,34H,17-25H2,1-3H3/q+1. The Hall–Kier alpha value is -2.95. The Morgan fingerprint density at radius 2 is 1.43 bits per heavy atom. The summed E-state index contributed by atoms with van der Waals surface area (Å²) in [5, 5.41) is 3.54. The predicted molar refractivity (Wildman–Crippen MR) is 153 cm³/mol. The van der Waals surface area contributed by atoms with Crippen molar-refractivity contribution in [3.05, 3.63) is 101 Å². The number of piperidine rings is 2. The number of hydrogen-bond acceptors (Lipinski definition) is 3. The maximum absolute atomic E-state index is 14.6. The van der Waals surface area contributed by atoms with Gasteiger partial charge in [-0.1, -0.05) is 66.7 Å². The highest BCUT2D eigenvalue weighted by Crippen LogP contribution is 2.41. The van der Waals surface area contributed by atoms with Gasteiger partial charge in [-0.15, -0.1) is 0 Å². The average Bonchev–Trinajstić information content (AvgIpc) is 2.93. The van der Waals surface area contributed by atoms with Gasteiger partial charge in [0.2, 0.25) is 0 Å². The van der Waals surface area contributed by atoms with Gasteiger partial charge in [-0.2, -0.15) is 0 Å². The minimum atomic E-state index is -0.0426. The van der Waals surface area contributed by atoms with Gasteiger partial charge in [0.15, 0.2) is 0 Å². The van der Waals surface area contributed by atoms with E-state index in [1.807, 2.05) is 0 Å². The minimum Gasteiger partial charge on any atom is -0.364 e. The summed E-state index contributed by atoms with van der Waals surface area (Å²) in [5.74, 6) is 0.341. The second kappa shape index (κ2) is 10.8. The van der Waals surface area contributed by atoms with E-state index in [4.69, 9.17) is 0 Å². The lowest BCUT2D eigenvalue weighted by atomic mass is 9.81. The lowest BCUT2D eigenvalue weighted by Gasteiger charge is -2.55. The highest BCUT2D eigenvalue weighted by atomic mass is 16.2. The lowest BCUT2D eigenvalue weighted by Crippen LogP contribution is -2.71. The molecule has 0 aromatic heterocycles. The molecule has 4 nitrogen and oxygen atoms in total. The van der Waals surface area contributed by atoms with Crippen LogP contribution in [0.3, 0.4) is 0 Å². The fourth-order valence-corrected chi connectivity index (χ4v) is 6.88. The molecule has 0 spiro atoms. The van der Waals surface area contributed by atoms with E-state index in [9.17, 15) is 4.79 Å². The summed E-state index contributed by atoms with van der Waals surface area (Å²) in [5.41, 5.74) is 5.72. The molecule has 0 aliphatic carbocycles. The second-order valence-electron chi connectivity index (χ2n) is 11.4. The minimum absolute atomic E-state index is 0.0426. The molecule has 2 saturated heterocycles. The van der Waals surface area contributed by atoms with Crippen LogP contribution in [0.1, 0.15) is 59.7 Å². The average molecular weight is 497 g/mol. The maximum atomic E-state index is 14.6. The monoisotopic (exact) mass is 496 g/mol. The van der Waals surface area contributed by atoms with E-state index < -0.39 is 0 Å². The Labute approximate surface area is 222 Å². The Kier molecular flexibility index (Phi) is 7.50. The van der Waals surface area contributed by atoms with E-state index in [0.717, 1.165) is 75.1 Å². The van der Waals surface area contributed by atoms with Crippen LogP contribution in [0, 0.1) is 13.8 Å². The molecule has 2 aliphatic rings. The molecule has 3 aromatic carbocycles. The number of hydrogen-bond donors (Lipinski definition) is 1. The molecule has 37 heavy (non-hydrogen) atoms. The molecule has 4 heteroatoms. The van der Waals surface area contributed by atoms with E-state index in [1.54, 1.807) is 0 Å². The number of para-hydroxylation sites is 1. The number of nitrogens with one attached hydrogen (secondary N) is 1. The van der Waals surface area contributed by atoms with Crippen LogP contribution in [0.25, 0.3) is 0 Å². The number of aryl methyl sites for hydroxylation is 2. The van der Waals surface area contributed by atoms with Gasteiger partial charge < -0.3 is 10.2 Å². The zero-order chi connectivity index (χ0) is 25.9. The van der Waals surface area contributed by atoms with Crippen molar-refractivity contribution in [3.8, 4) is 0 Å². The summed E-state index contributed by atoms with van der Waals surface area (Å²) in [6.07, 6.45) is 4.12. The van der Waals surface area contributed by atoms with E-state index in [1.165, 1.54) is 11.3 Å². The van der Waals surface area contributed by atoms with Crippen LogP contribution >= 0.6 is 0 Å². The third-order valence-corrected chi connectivity index (χ3v) is 9.21. The molecule has 0 bridgehead atoms. The van der Waals surface area contributed by atoms with Crippen LogP contribution in [-0.2, 0) is 6.54 Å². The van der Waals surface area contributed by atoms with Crippen LogP contribution in [-0.4, -0.2) is 48.2 Å². The molecular weight excluding hydrogens is 454 g/mol. The van der Waals surface area contributed by atoms with Crippen molar-refractivity contribution < 1.29 is 9.28 Å². The molecule has 0 saturated carbocycles. The fraction of sp³-hybridized carbons (Fsp3) is 0.424. The van der Waals surface area contributed by atoms with Gasteiger partial charge in [-0.3, -0.25) is 4.48 Å². The first-order valence-electron chi connectivity index (χ1n) is 14.0. The van der Waals surface area contributed by atoms with Crippen molar-refractivity contribution in [2.24, 2.45) is 0 Å². The van der Waals surface area contributed by atoms with Crippen molar-refractivity contribution in [2.45, 2.75) is 64.6 Å². The van der Waals surface area contributed by atoms with Gasteiger partial charge in [0.1, 0.15) is 5.54 Å². The Bertz CT molecular complexity index is 1170. The molecule has 5 rings (SSSR count). The molecule has 3 aromatic rings. The summed E-state index contributed by atoms with van der Waals surface area (Å²) in [4.78, 5) is 17.2. The zero-order valence-corrected chi connectivity index (χ0v) is 22.7. The first kappa shape index (κ1) is 25.7. The highest BCUT2D eigenvalue weighted by molar-refractivity contribution is 5.92. The number of anilines is 1. The number of benzene rings is 3. The number of likely N-dealkylation sites (tertiary alicyclic amines) is 1. The van der Waals surface area contributed by atoms with Crippen molar-refractivity contribution >= 4 is 11.6 Å². The zero-order valence-electron chi connectivity index (χ0n) is 22.7. The van der Waals surface area contributed by atoms with E-state index in [0.29, 0.717) is 16.4 Å². The maximum Gasteiger partial charge on any atom is 0.346 e. The number of amides is 1. The van der Waals surface area contributed by atoms with Gasteiger partial charge in [0.25, 0.3) is 0 Å². The van der Waals surface area contributed by atoms with Crippen LogP contribution in [0.2, 0.25) is 0 Å². The summed E-state index contributed by atoms with van der Waals surface area (Å²) in [6, 6.07) is 28.3. The van der Waals surface area contributed by atoms with Crippen LogP contribution in [0.15, 0.2) is 78.9 Å². The molecular formula is C33H42N3O+. The molecule has 2 aliphatic heterocycles. The van der Waals surface area contributed by atoms with Crippen LogP contribution < -0.4 is 10.2 Å². The number of nitrogens with zero attached hydrogens (tertiary/aromatic N) is 2. The van der Waals surface area contributed by atoms with Crippen molar-refractivity contribution in [2.75, 3.05) is 31.1 Å². The molecule has 0 unspecified atom stereocenters. The van der Waals surface area contributed by atoms with Gasteiger partial charge >= 0.3 is 5.91 Å². The molecule has 1 N–H and O–H groups in total.